The van der Waals surface area contributed by atoms with E-state index >= 15 is 0 Å². The number of rotatable bonds is 3. The molecule has 0 saturated carbocycles. The van der Waals surface area contributed by atoms with Crippen LogP contribution in [0.2, 0.25) is 0 Å². The number of nitrogen functional groups attached to an aromatic ring is 1. The van der Waals surface area contributed by atoms with Gasteiger partial charge < -0.3 is 10.6 Å². The Morgan fingerprint density at radius 2 is 2.14 bits per heavy atom. The maximum atomic E-state index is 12.4. The van der Waals surface area contributed by atoms with Gasteiger partial charge in [0.05, 0.1) is 11.1 Å². The minimum atomic E-state index is 0.164. The van der Waals surface area contributed by atoms with Crippen molar-refractivity contribution in [1.82, 2.24) is 14.9 Å². The average Bonchev–Trinajstić information content (AvgIpc) is 2.92. The van der Waals surface area contributed by atoms with Crippen LogP contribution in [0.4, 0.5) is 5.82 Å². The summed E-state index contributed by atoms with van der Waals surface area (Å²) in [5, 5.41) is 3.42. The molecule has 1 fully saturated rings. The van der Waals surface area contributed by atoms with E-state index in [0.29, 0.717) is 28.6 Å². The van der Waals surface area contributed by atoms with Crippen LogP contribution in [0.5, 0.6) is 0 Å². The summed E-state index contributed by atoms with van der Waals surface area (Å²) >= 11 is 2.91. The number of hydrogen-bond acceptors (Lipinski definition) is 6. The lowest BCUT2D eigenvalue weighted by Crippen LogP contribution is -2.43. The average molecular weight is 336 g/mol. The van der Waals surface area contributed by atoms with E-state index in [1.807, 2.05) is 16.3 Å². The molecule has 2 aromatic rings. The molecule has 2 aromatic heterocycles. The number of aromatic nitrogens is 2. The number of carbonyl (C=O) groups is 1. The van der Waals surface area contributed by atoms with Gasteiger partial charge in [-0.3, -0.25) is 4.79 Å². The van der Waals surface area contributed by atoms with Crippen LogP contribution < -0.4 is 5.73 Å². The van der Waals surface area contributed by atoms with Crippen LogP contribution >= 0.6 is 23.1 Å². The first-order chi connectivity index (χ1) is 10.5. The summed E-state index contributed by atoms with van der Waals surface area (Å²) in [7, 11) is 0. The van der Waals surface area contributed by atoms with E-state index in [0.717, 1.165) is 23.3 Å². The van der Waals surface area contributed by atoms with E-state index in [-0.39, 0.29) is 5.91 Å². The molecule has 0 aliphatic carbocycles. The van der Waals surface area contributed by atoms with Crippen LogP contribution in [0.25, 0.3) is 10.2 Å². The Labute approximate surface area is 138 Å². The number of thiophene rings is 1. The molecule has 2 atom stereocenters. The number of anilines is 1. The lowest BCUT2D eigenvalue weighted by molar-refractivity contribution is -0.130. The first-order valence-corrected chi connectivity index (χ1v) is 9.30. The minimum absolute atomic E-state index is 0.164. The molecule has 1 saturated heterocycles. The second-order valence-corrected chi connectivity index (χ2v) is 7.90. The van der Waals surface area contributed by atoms with Crippen LogP contribution in [0.3, 0.4) is 0 Å². The third-order valence-corrected chi connectivity index (χ3v) is 5.52. The number of piperidine rings is 1. The number of nitrogens with two attached hydrogens (primary N) is 1. The van der Waals surface area contributed by atoms with Crippen LogP contribution in [0, 0.1) is 11.8 Å². The molecule has 7 heteroatoms. The summed E-state index contributed by atoms with van der Waals surface area (Å²) in [5.74, 6) is 2.17. The molecule has 22 heavy (non-hydrogen) atoms. The molecule has 0 unspecified atom stereocenters. The third kappa shape index (κ3) is 3.35. The summed E-state index contributed by atoms with van der Waals surface area (Å²) in [6, 6.07) is 1.92. The highest BCUT2D eigenvalue weighted by atomic mass is 32.2. The van der Waals surface area contributed by atoms with Gasteiger partial charge in [0.25, 0.3) is 0 Å². The van der Waals surface area contributed by atoms with Gasteiger partial charge in [0, 0.05) is 13.1 Å². The van der Waals surface area contributed by atoms with E-state index in [4.69, 9.17) is 5.73 Å². The third-order valence-electron chi connectivity index (χ3n) is 3.88. The molecule has 0 radical (unpaired) electrons. The highest BCUT2D eigenvalue weighted by molar-refractivity contribution is 7.99. The van der Waals surface area contributed by atoms with Crippen molar-refractivity contribution in [3.63, 3.8) is 0 Å². The fourth-order valence-corrected chi connectivity index (χ4v) is 4.59. The van der Waals surface area contributed by atoms with Crippen molar-refractivity contribution >= 4 is 45.0 Å². The lowest BCUT2D eigenvalue weighted by Gasteiger charge is -2.34. The smallest absolute Gasteiger partial charge is 0.233 e. The Kier molecular flexibility index (Phi) is 4.54. The predicted octanol–water partition coefficient (Wildman–Crippen LogP) is 2.87. The van der Waals surface area contributed by atoms with Crippen molar-refractivity contribution in [2.75, 3.05) is 24.6 Å². The Balaban J connectivity index is 1.64. The standard InChI is InChI=1S/C15H20N4OS2/c1-9-5-10(2)7-19(6-9)12(20)8-22-15-17-13(16)11-3-4-21-14(11)18-15/h3-4,9-10H,5-8H2,1-2H3,(H2,16,17,18)/t9-,10+. The molecule has 0 spiro atoms. The highest BCUT2D eigenvalue weighted by Crippen LogP contribution is 2.27. The van der Waals surface area contributed by atoms with Gasteiger partial charge in [0.2, 0.25) is 5.91 Å². The first kappa shape index (κ1) is 15.6. The largest absolute Gasteiger partial charge is 0.383 e. The molecule has 5 nitrogen and oxygen atoms in total. The Morgan fingerprint density at radius 1 is 1.41 bits per heavy atom. The second-order valence-electron chi connectivity index (χ2n) is 6.06. The predicted molar refractivity (Wildman–Crippen MR) is 92.1 cm³/mol. The number of amides is 1. The molecule has 118 valence electrons. The van der Waals surface area contributed by atoms with Crippen molar-refractivity contribution in [2.24, 2.45) is 11.8 Å². The Hall–Kier alpha value is -1.34. The maximum absolute atomic E-state index is 12.4. The molecule has 0 bridgehead atoms. The number of carbonyl (C=O) groups excluding carboxylic acids is 1. The number of hydrogen-bond donors (Lipinski definition) is 1. The molecule has 1 aliphatic heterocycles. The summed E-state index contributed by atoms with van der Waals surface area (Å²) in [6.45, 7) is 6.13. The maximum Gasteiger partial charge on any atom is 0.233 e. The van der Waals surface area contributed by atoms with Gasteiger partial charge in [0.15, 0.2) is 5.16 Å². The Morgan fingerprint density at radius 3 is 2.86 bits per heavy atom. The van der Waals surface area contributed by atoms with Gasteiger partial charge >= 0.3 is 0 Å². The van der Waals surface area contributed by atoms with Crippen LogP contribution in [0.1, 0.15) is 20.3 Å². The second kappa shape index (κ2) is 6.42. The van der Waals surface area contributed by atoms with Crippen LogP contribution in [-0.4, -0.2) is 39.6 Å². The summed E-state index contributed by atoms with van der Waals surface area (Å²) in [5.41, 5.74) is 5.93. The van der Waals surface area contributed by atoms with E-state index in [2.05, 4.69) is 23.8 Å². The summed E-state index contributed by atoms with van der Waals surface area (Å²) < 4.78 is 0. The van der Waals surface area contributed by atoms with E-state index in [1.54, 1.807) is 0 Å². The first-order valence-electron chi connectivity index (χ1n) is 7.44. The van der Waals surface area contributed by atoms with Crippen molar-refractivity contribution in [1.29, 1.82) is 0 Å². The lowest BCUT2D eigenvalue weighted by atomic mass is 9.92. The summed E-state index contributed by atoms with van der Waals surface area (Å²) in [4.78, 5) is 24.0. The van der Waals surface area contributed by atoms with Crippen LogP contribution in [-0.2, 0) is 4.79 Å². The fourth-order valence-electron chi connectivity index (χ4n) is 3.01. The van der Waals surface area contributed by atoms with Crippen molar-refractivity contribution in [2.45, 2.75) is 25.4 Å². The number of thioether (sulfide) groups is 1. The monoisotopic (exact) mass is 336 g/mol. The van der Waals surface area contributed by atoms with Gasteiger partial charge in [-0.2, -0.15) is 0 Å². The van der Waals surface area contributed by atoms with E-state index < -0.39 is 0 Å². The van der Waals surface area contributed by atoms with Crippen molar-refractivity contribution in [3.05, 3.63) is 11.4 Å². The van der Waals surface area contributed by atoms with Crippen molar-refractivity contribution in [3.8, 4) is 0 Å². The zero-order valence-corrected chi connectivity index (χ0v) is 14.4. The molecular weight excluding hydrogens is 316 g/mol. The SMILES string of the molecule is C[C@@H]1C[C@H](C)CN(C(=O)CSc2nc(N)c3ccsc3n2)C1. The van der Waals surface area contributed by atoms with E-state index in [1.165, 1.54) is 29.5 Å². The number of likely N-dealkylation sites (tertiary alicyclic amines) is 1. The van der Waals surface area contributed by atoms with Gasteiger partial charge in [-0.15, -0.1) is 11.3 Å². The topological polar surface area (TPSA) is 72.1 Å². The van der Waals surface area contributed by atoms with Gasteiger partial charge in [0.1, 0.15) is 10.6 Å². The quantitative estimate of drug-likeness (QED) is 0.689. The van der Waals surface area contributed by atoms with Gasteiger partial charge in [-0.05, 0) is 29.7 Å². The van der Waals surface area contributed by atoms with Crippen LogP contribution in [0.15, 0.2) is 16.6 Å². The number of nitrogens with zero attached hydrogens (tertiary/aromatic N) is 3. The molecule has 2 N–H and O–H groups in total. The molecule has 3 heterocycles. The minimum Gasteiger partial charge on any atom is -0.383 e. The zero-order chi connectivity index (χ0) is 15.7. The fraction of sp³-hybridized carbons (Fsp3) is 0.533. The van der Waals surface area contributed by atoms with Gasteiger partial charge in [-0.25, -0.2) is 9.97 Å². The molecule has 0 aromatic carbocycles. The Bertz CT molecular complexity index is 677. The van der Waals surface area contributed by atoms with Crippen molar-refractivity contribution < 1.29 is 4.79 Å². The van der Waals surface area contributed by atoms with E-state index in [9.17, 15) is 4.79 Å². The highest BCUT2D eigenvalue weighted by Gasteiger charge is 2.25. The molecule has 1 amide bonds. The number of fused-ring (bicyclic) bond motifs is 1. The molecule has 1 aliphatic rings. The van der Waals surface area contributed by atoms with Gasteiger partial charge in [-0.1, -0.05) is 25.6 Å². The molecular formula is C15H20N4OS2. The normalized spacial score (nSPS) is 22.2. The molecule has 3 rings (SSSR count). The zero-order valence-electron chi connectivity index (χ0n) is 12.8. The summed E-state index contributed by atoms with van der Waals surface area (Å²) in [6.07, 6.45) is 1.20.